The van der Waals surface area contributed by atoms with Gasteiger partial charge in [0.05, 0.1) is 106 Å². The maximum Gasteiger partial charge on any atom is 0.308 e. The van der Waals surface area contributed by atoms with Crippen molar-refractivity contribution < 1.29 is 177 Å². The minimum atomic E-state index is -2.13. The Morgan fingerprint density at radius 1 is 0.245 bits per heavy atom. The van der Waals surface area contributed by atoms with Gasteiger partial charge in [-0.2, -0.15) is 0 Å². The number of hydrogen-bond acceptors (Lipinski definition) is 21. The first-order valence-corrected chi connectivity index (χ1v) is 33.0. The summed E-state index contributed by atoms with van der Waals surface area (Å²) >= 11 is 0. The van der Waals surface area contributed by atoms with Crippen LogP contribution < -0.4 is 0 Å². The molecule has 18 atom stereocenters. The molecule has 0 saturated carbocycles. The zero-order valence-electron chi connectivity index (χ0n) is 57.7. The fourth-order valence-electron chi connectivity index (χ4n) is 11.8. The van der Waals surface area contributed by atoms with Crippen LogP contribution in [0.25, 0.3) is 0 Å². The first kappa shape index (κ1) is 92.5. The first-order chi connectivity index (χ1) is 47.1. The van der Waals surface area contributed by atoms with Gasteiger partial charge in [-0.15, -0.1) is 0 Å². The molecule has 0 aromatic rings. The van der Waals surface area contributed by atoms with Gasteiger partial charge in [-0.3, -0.25) is 86.3 Å². The van der Waals surface area contributed by atoms with Gasteiger partial charge in [0.2, 0.25) is 0 Å². The molecular formula is C66H98O36. The molecule has 0 rings (SSSR count). The molecular weight excluding hydrogens is 1370 g/mol. The lowest BCUT2D eigenvalue weighted by atomic mass is 9.79. The van der Waals surface area contributed by atoms with Gasteiger partial charge >= 0.3 is 107 Å². The zero-order chi connectivity index (χ0) is 79.0. The van der Waals surface area contributed by atoms with Gasteiger partial charge in [-0.1, -0.05) is 48.5 Å². The van der Waals surface area contributed by atoms with E-state index in [1.54, 1.807) is 0 Å². The molecule has 578 valence electrons. The van der Waals surface area contributed by atoms with Crippen molar-refractivity contribution in [3.05, 3.63) is 0 Å². The Hall–Kier alpha value is -9.54. The van der Waals surface area contributed by atoms with Gasteiger partial charge in [0.25, 0.3) is 0 Å². The molecule has 0 fully saturated rings. The highest BCUT2D eigenvalue weighted by molar-refractivity contribution is 5.81. The lowest BCUT2D eigenvalue weighted by Gasteiger charge is -2.33. The Kier molecular flexibility index (Phi) is 40.5. The monoisotopic (exact) mass is 1470 g/mol. The lowest BCUT2D eigenvalue weighted by molar-refractivity contribution is -0.169. The molecule has 0 spiro atoms. The van der Waals surface area contributed by atoms with Crippen molar-refractivity contribution in [2.24, 2.45) is 112 Å². The molecule has 18 unspecified atom stereocenters. The van der Waals surface area contributed by atoms with Crippen molar-refractivity contribution >= 4 is 107 Å². The van der Waals surface area contributed by atoms with Crippen molar-refractivity contribution in [1.82, 2.24) is 0 Å². The van der Waals surface area contributed by atoms with Crippen molar-refractivity contribution in [2.75, 3.05) is 19.8 Å². The van der Waals surface area contributed by atoms with E-state index in [2.05, 4.69) is 0 Å². The number of aliphatic carboxylic acids is 15. The van der Waals surface area contributed by atoms with Gasteiger partial charge in [-0.05, 0) is 121 Å². The maximum absolute atomic E-state index is 14.8. The van der Waals surface area contributed by atoms with Gasteiger partial charge < -0.3 is 90.8 Å². The minimum absolute atomic E-state index is 0.470. The summed E-state index contributed by atoms with van der Waals surface area (Å²) in [7, 11) is 0. The predicted octanol–water partition coefficient (Wildman–Crippen LogP) is 5.51. The number of carbonyl (C=O) groups excluding carboxylic acids is 3. The molecule has 0 aliphatic heterocycles. The molecule has 102 heavy (non-hydrogen) atoms. The number of rotatable bonds is 58. The summed E-state index contributed by atoms with van der Waals surface area (Å²) in [6, 6.07) is 0. The molecule has 36 nitrogen and oxygen atoms in total. The van der Waals surface area contributed by atoms with Crippen molar-refractivity contribution in [1.29, 1.82) is 0 Å². The number of hydrogen-bond donors (Lipinski definition) is 15. The molecule has 0 amide bonds. The first-order valence-electron chi connectivity index (χ1n) is 33.0. The maximum atomic E-state index is 14.8. The van der Waals surface area contributed by atoms with E-state index in [0.29, 0.717) is 0 Å². The van der Waals surface area contributed by atoms with Gasteiger partial charge in [0.15, 0.2) is 0 Å². The van der Waals surface area contributed by atoms with E-state index in [1.807, 2.05) is 0 Å². The van der Waals surface area contributed by atoms with Crippen LogP contribution >= 0.6 is 0 Å². The predicted molar refractivity (Wildman–Crippen MR) is 340 cm³/mol. The molecule has 0 aromatic carbocycles. The van der Waals surface area contributed by atoms with E-state index >= 15 is 0 Å². The summed E-state index contributed by atoms with van der Waals surface area (Å²) in [6.45, 7) is 4.84. The molecule has 0 heterocycles. The number of ether oxygens (including phenoxy) is 3. The summed E-state index contributed by atoms with van der Waals surface area (Å²) in [5.41, 5.74) is -2.13. The average molecular weight is 1470 g/mol. The van der Waals surface area contributed by atoms with Crippen LogP contribution in [0, 0.1) is 112 Å². The fourth-order valence-corrected chi connectivity index (χ4v) is 11.8. The Balaban J connectivity index is 8.61. The number of esters is 3. The van der Waals surface area contributed by atoms with Gasteiger partial charge in [0.1, 0.15) is 19.8 Å². The fraction of sp³-hybridized carbons (Fsp3) is 0.727. The average Bonchev–Trinajstić information content (AvgIpc) is 0.849. The summed E-state index contributed by atoms with van der Waals surface area (Å²) in [5, 5.41) is 150. The van der Waals surface area contributed by atoms with Crippen LogP contribution in [0.2, 0.25) is 0 Å². The summed E-state index contributed by atoms with van der Waals surface area (Å²) in [5.74, 6) is -56.2. The third-order valence-corrected chi connectivity index (χ3v) is 18.8. The molecule has 15 N–H and O–H groups in total. The molecule has 0 aliphatic carbocycles. The van der Waals surface area contributed by atoms with Crippen molar-refractivity contribution in [3.63, 3.8) is 0 Å². The van der Waals surface area contributed by atoms with Gasteiger partial charge in [0, 0.05) is 6.42 Å². The van der Waals surface area contributed by atoms with Crippen LogP contribution in [0.3, 0.4) is 0 Å². The second kappa shape index (κ2) is 44.7. The minimum Gasteiger partial charge on any atom is -0.481 e. The van der Waals surface area contributed by atoms with E-state index in [0.717, 1.165) is 41.5 Å². The standard InChI is InChI=1S/C66H98O36/c1-8-66(27-100-48(67)21-36(19-41(57(84)85)14-31(3)50(70)71)20-42(58(86)87)15-32(4)51(72)73,28-101-64(98)39(11-9-37(55(80)81)13-30(2)49(68)69)23-46(62(94)95)25-44(60(90)91)17-34(6)53(76)77)29-102-65(99)40(24-47(63(96)97)26-45(61(92)93)18-35(7)54(78)79)12-10-38(56(82)83)22-43(59(88)89)16-33(5)52(74)75/h30-47H,8-29H2,1-7H3,(H,68,69)(H,70,71)(H,72,73)(H,74,75)(H,76,77)(H,78,79)(H,80,81)(H,82,83)(H,84,85)(H,86,87)(H,88,89)(H,90,91)(H,92,93)(H,94,95)(H,96,97). The molecule has 0 radical (unpaired) electrons. The van der Waals surface area contributed by atoms with Crippen molar-refractivity contribution in [3.8, 4) is 0 Å². The Bertz CT molecular complexity index is 2910. The van der Waals surface area contributed by atoms with Crippen LogP contribution in [-0.2, 0) is 101 Å². The van der Waals surface area contributed by atoms with Crippen LogP contribution in [0.5, 0.6) is 0 Å². The lowest BCUT2D eigenvalue weighted by Crippen LogP contribution is -2.41. The van der Waals surface area contributed by atoms with Crippen LogP contribution in [0.15, 0.2) is 0 Å². The highest BCUT2D eigenvalue weighted by Crippen LogP contribution is 2.37. The van der Waals surface area contributed by atoms with Crippen molar-refractivity contribution in [2.45, 2.75) is 170 Å². The second-order valence-electron chi connectivity index (χ2n) is 27.2. The highest BCUT2D eigenvalue weighted by atomic mass is 16.6. The van der Waals surface area contributed by atoms with Gasteiger partial charge in [-0.25, -0.2) is 0 Å². The molecule has 0 aromatic heterocycles. The van der Waals surface area contributed by atoms with E-state index in [9.17, 15) is 163 Å². The normalized spacial score (nSPS) is 17.3. The molecule has 36 heteroatoms. The SMILES string of the molecule is CCC(COC(=O)CC(CC(CC(C)C(=O)O)C(=O)O)CC(CC(C)C(=O)O)C(=O)O)(COC(=O)C(CCC(CC(C)C(=O)O)C(=O)O)CC(CC(CC(C)C(=O)O)C(=O)O)C(=O)O)COC(=O)C(CCC(CC(CC(C)C(=O)O)C(=O)O)C(=O)O)CC(CC(CC(C)C(=O)O)C(=O)O)C(=O)O. The molecule has 0 bridgehead atoms. The highest BCUT2D eigenvalue weighted by Gasteiger charge is 2.42. The summed E-state index contributed by atoms with van der Waals surface area (Å²) in [4.78, 5) is 228. The number of carboxylic acid groups (broad SMARTS) is 15. The third-order valence-electron chi connectivity index (χ3n) is 18.8. The summed E-state index contributed by atoms with van der Waals surface area (Å²) in [6.07, 6.45) is -13.2. The zero-order valence-corrected chi connectivity index (χ0v) is 57.7. The molecule has 0 aliphatic rings. The van der Waals surface area contributed by atoms with E-state index in [-0.39, 0.29) is 0 Å². The second-order valence-corrected chi connectivity index (χ2v) is 27.2. The van der Waals surface area contributed by atoms with Crippen LogP contribution in [0.1, 0.15) is 170 Å². The number of carboxylic acids is 15. The third kappa shape index (κ3) is 34.2. The topological polar surface area (TPSA) is 638 Å². The summed E-state index contributed by atoms with van der Waals surface area (Å²) < 4.78 is 17.3. The Labute approximate surface area is 585 Å². The van der Waals surface area contributed by atoms with E-state index in [4.69, 9.17) is 14.2 Å². The smallest absolute Gasteiger partial charge is 0.308 e. The molecule has 0 saturated heterocycles. The largest absolute Gasteiger partial charge is 0.481 e. The van der Waals surface area contributed by atoms with Crippen LogP contribution in [-0.4, -0.2) is 204 Å². The van der Waals surface area contributed by atoms with Crippen LogP contribution in [0.4, 0.5) is 0 Å². The Morgan fingerprint density at radius 3 is 0.667 bits per heavy atom. The van der Waals surface area contributed by atoms with E-state index < -0.39 is 361 Å². The quantitative estimate of drug-likeness (QED) is 0.0263. The van der Waals surface area contributed by atoms with E-state index in [1.165, 1.54) is 6.92 Å². The Morgan fingerprint density at radius 2 is 0.431 bits per heavy atom. The number of carbonyl (C=O) groups is 18.